The van der Waals surface area contributed by atoms with Gasteiger partial charge in [0.2, 0.25) is 0 Å². The molecule has 2 aromatic heterocycles. The lowest BCUT2D eigenvalue weighted by atomic mass is 10.1. The first-order valence-electron chi connectivity index (χ1n) is 8.55. The van der Waals surface area contributed by atoms with Crippen molar-refractivity contribution in [3.8, 4) is 5.75 Å². The zero-order valence-electron chi connectivity index (χ0n) is 14.5. The molecule has 2 aromatic rings. The van der Waals surface area contributed by atoms with Crippen molar-refractivity contribution in [2.45, 2.75) is 26.4 Å². The molecule has 0 aliphatic carbocycles. The lowest BCUT2D eigenvalue weighted by Crippen LogP contribution is -2.28. The highest BCUT2D eigenvalue weighted by Crippen LogP contribution is 2.23. The van der Waals surface area contributed by atoms with Gasteiger partial charge in [-0.3, -0.25) is 14.9 Å². The van der Waals surface area contributed by atoms with Crippen molar-refractivity contribution in [1.82, 2.24) is 19.8 Å². The van der Waals surface area contributed by atoms with Gasteiger partial charge in [-0.15, -0.1) is 0 Å². The van der Waals surface area contributed by atoms with E-state index in [1.165, 1.54) is 12.0 Å². The molecule has 3 heterocycles. The Bertz CT molecular complexity index is 662. The molecule has 0 unspecified atom stereocenters. The van der Waals surface area contributed by atoms with Crippen molar-refractivity contribution in [2.75, 3.05) is 26.7 Å². The van der Waals surface area contributed by atoms with Crippen LogP contribution in [0.4, 0.5) is 0 Å². The average molecular weight is 326 g/mol. The maximum Gasteiger partial charge on any atom is 0.138 e. The van der Waals surface area contributed by atoms with Gasteiger partial charge in [0.15, 0.2) is 0 Å². The Morgan fingerprint density at radius 3 is 3.00 bits per heavy atom. The number of hydrogen-bond acceptors (Lipinski definition) is 5. The zero-order valence-corrected chi connectivity index (χ0v) is 14.5. The third-order valence-electron chi connectivity index (χ3n) is 4.58. The van der Waals surface area contributed by atoms with Gasteiger partial charge in [0.25, 0.3) is 0 Å². The molecule has 0 bridgehead atoms. The second-order valence-corrected chi connectivity index (χ2v) is 6.87. The van der Waals surface area contributed by atoms with E-state index in [4.69, 9.17) is 0 Å². The highest BCUT2D eigenvalue weighted by atomic mass is 16.3. The fraction of sp³-hybridized carbons (Fsp3) is 0.474. The summed E-state index contributed by atoms with van der Waals surface area (Å²) in [5.41, 5.74) is 3.00. The fourth-order valence-corrected chi connectivity index (χ4v) is 3.45. The molecule has 5 heteroatoms. The number of pyridine rings is 2. The first-order chi connectivity index (χ1) is 11.6. The summed E-state index contributed by atoms with van der Waals surface area (Å²) in [6.45, 7) is 6.84. The molecule has 128 valence electrons. The fourth-order valence-electron chi connectivity index (χ4n) is 3.45. The second-order valence-electron chi connectivity index (χ2n) is 6.87. The maximum atomic E-state index is 9.97. The van der Waals surface area contributed by atoms with Crippen LogP contribution in [-0.4, -0.2) is 51.6 Å². The SMILES string of the molecule is Cc1ccc(O)c(CN2CC[C@@H](CN(C)Cc3cccnc3)C2)n1. The largest absolute Gasteiger partial charge is 0.506 e. The number of aromatic nitrogens is 2. The molecule has 1 fully saturated rings. The van der Waals surface area contributed by atoms with Crippen LogP contribution in [0, 0.1) is 12.8 Å². The summed E-state index contributed by atoms with van der Waals surface area (Å²) in [5.74, 6) is 0.969. The van der Waals surface area contributed by atoms with Crippen molar-refractivity contribution in [3.05, 3.63) is 53.6 Å². The molecule has 3 rings (SSSR count). The van der Waals surface area contributed by atoms with Gasteiger partial charge < -0.3 is 10.0 Å². The van der Waals surface area contributed by atoms with Crippen LogP contribution in [0.25, 0.3) is 0 Å². The number of likely N-dealkylation sites (tertiary alicyclic amines) is 1. The maximum absolute atomic E-state index is 9.97. The topological polar surface area (TPSA) is 52.5 Å². The minimum absolute atomic E-state index is 0.303. The Balaban J connectivity index is 1.49. The van der Waals surface area contributed by atoms with Crippen molar-refractivity contribution < 1.29 is 5.11 Å². The van der Waals surface area contributed by atoms with Crippen molar-refractivity contribution in [1.29, 1.82) is 0 Å². The summed E-state index contributed by atoms with van der Waals surface area (Å²) in [7, 11) is 2.17. The van der Waals surface area contributed by atoms with Gasteiger partial charge in [-0.2, -0.15) is 0 Å². The van der Waals surface area contributed by atoms with E-state index in [1.807, 2.05) is 31.5 Å². The van der Waals surface area contributed by atoms with Gasteiger partial charge in [-0.25, -0.2) is 0 Å². The highest BCUT2D eigenvalue weighted by Gasteiger charge is 2.24. The van der Waals surface area contributed by atoms with Gasteiger partial charge in [0.1, 0.15) is 5.75 Å². The Morgan fingerprint density at radius 2 is 2.21 bits per heavy atom. The normalized spacial score (nSPS) is 18.4. The molecule has 1 aliphatic rings. The van der Waals surface area contributed by atoms with Gasteiger partial charge in [-0.05, 0) is 56.6 Å². The number of nitrogens with zero attached hydrogens (tertiary/aromatic N) is 4. The standard InChI is InChI=1S/C19H26N4O/c1-15-5-6-19(24)18(21-15)14-23-9-7-17(13-23)12-22(2)11-16-4-3-8-20-10-16/h3-6,8,10,17,24H,7,9,11-14H2,1-2H3/t17-/m0/s1. The van der Waals surface area contributed by atoms with E-state index >= 15 is 0 Å². The molecule has 1 atom stereocenters. The van der Waals surface area contributed by atoms with Crippen molar-refractivity contribution in [2.24, 2.45) is 5.92 Å². The van der Waals surface area contributed by atoms with Gasteiger partial charge in [0, 0.05) is 44.3 Å². The highest BCUT2D eigenvalue weighted by molar-refractivity contribution is 5.27. The van der Waals surface area contributed by atoms with Crippen LogP contribution >= 0.6 is 0 Å². The van der Waals surface area contributed by atoms with E-state index in [2.05, 4.69) is 32.9 Å². The molecule has 0 radical (unpaired) electrons. The lowest BCUT2D eigenvalue weighted by Gasteiger charge is -2.21. The van der Waals surface area contributed by atoms with Gasteiger partial charge in [0.05, 0.1) is 5.69 Å². The van der Waals surface area contributed by atoms with Crippen molar-refractivity contribution >= 4 is 0 Å². The first kappa shape index (κ1) is 16.9. The van der Waals surface area contributed by atoms with E-state index in [0.717, 1.165) is 44.1 Å². The third kappa shape index (κ3) is 4.52. The Hall–Kier alpha value is -1.98. The monoisotopic (exact) mass is 326 g/mol. The zero-order chi connectivity index (χ0) is 16.9. The molecule has 0 amide bonds. The molecule has 0 aromatic carbocycles. The summed E-state index contributed by atoms with van der Waals surface area (Å²) in [6, 6.07) is 7.70. The van der Waals surface area contributed by atoms with E-state index in [0.29, 0.717) is 11.7 Å². The molecule has 24 heavy (non-hydrogen) atoms. The van der Waals surface area contributed by atoms with E-state index < -0.39 is 0 Å². The second kappa shape index (κ2) is 7.73. The predicted molar refractivity (Wildman–Crippen MR) is 94.6 cm³/mol. The van der Waals surface area contributed by atoms with Crippen LogP contribution in [0.1, 0.15) is 23.4 Å². The summed E-state index contributed by atoms with van der Waals surface area (Å²) >= 11 is 0. The lowest BCUT2D eigenvalue weighted by molar-refractivity contribution is 0.252. The van der Waals surface area contributed by atoms with E-state index in [-0.39, 0.29) is 0 Å². The van der Waals surface area contributed by atoms with Crippen LogP contribution in [0.5, 0.6) is 5.75 Å². The van der Waals surface area contributed by atoms with E-state index in [9.17, 15) is 5.11 Å². The summed E-state index contributed by atoms with van der Waals surface area (Å²) in [6.07, 6.45) is 4.95. The molecule has 1 aliphatic heterocycles. The summed E-state index contributed by atoms with van der Waals surface area (Å²) in [5, 5.41) is 9.97. The minimum atomic E-state index is 0.303. The Morgan fingerprint density at radius 1 is 1.33 bits per heavy atom. The molecule has 5 nitrogen and oxygen atoms in total. The number of rotatable bonds is 6. The first-order valence-corrected chi connectivity index (χ1v) is 8.55. The Labute approximate surface area is 144 Å². The third-order valence-corrected chi connectivity index (χ3v) is 4.58. The minimum Gasteiger partial charge on any atom is -0.506 e. The smallest absolute Gasteiger partial charge is 0.138 e. The van der Waals surface area contributed by atoms with Crippen LogP contribution in [0.3, 0.4) is 0 Å². The van der Waals surface area contributed by atoms with E-state index in [1.54, 1.807) is 6.07 Å². The van der Waals surface area contributed by atoms with Crippen molar-refractivity contribution in [3.63, 3.8) is 0 Å². The van der Waals surface area contributed by atoms with Crippen LogP contribution in [0.2, 0.25) is 0 Å². The number of aromatic hydroxyl groups is 1. The van der Waals surface area contributed by atoms with Gasteiger partial charge in [-0.1, -0.05) is 6.07 Å². The summed E-state index contributed by atoms with van der Waals surface area (Å²) < 4.78 is 0. The van der Waals surface area contributed by atoms with Gasteiger partial charge >= 0.3 is 0 Å². The molecular formula is C19H26N4O. The molecule has 1 N–H and O–H groups in total. The van der Waals surface area contributed by atoms with Crippen LogP contribution < -0.4 is 0 Å². The Kier molecular flexibility index (Phi) is 5.43. The molecule has 1 saturated heterocycles. The summed E-state index contributed by atoms with van der Waals surface area (Å²) in [4.78, 5) is 13.4. The average Bonchev–Trinajstić information content (AvgIpc) is 2.99. The quantitative estimate of drug-likeness (QED) is 0.884. The predicted octanol–water partition coefficient (Wildman–Crippen LogP) is 2.44. The van der Waals surface area contributed by atoms with Crippen LogP contribution in [0.15, 0.2) is 36.7 Å². The van der Waals surface area contributed by atoms with Crippen LogP contribution in [-0.2, 0) is 13.1 Å². The molecule has 0 spiro atoms. The molecule has 0 saturated carbocycles. The number of hydrogen-bond donors (Lipinski definition) is 1. The molecular weight excluding hydrogens is 300 g/mol. The number of aryl methyl sites for hydroxylation is 1.